The molecule has 6 heteroatoms. The van der Waals surface area contributed by atoms with Crippen LogP contribution in [0, 0.1) is 5.41 Å². The minimum Gasteiger partial charge on any atom is -0.486 e. The Balaban J connectivity index is 2.59. The highest BCUT2D eigenvalue weighted by Gasteiger charge is 2.11. The summed E-state index contributed by atoms with van der Waals surface area (Å²) in [5, 5.41) is 10.2. The zero-order chi connectivity index (χ0) is 8.97. The number of ether oxygens (including phenoxy) is 1. The first-order valence-corrected chi connectivity index (χ1v) is 3.51. The third kappa shape index (κ3) is 1.94. The maximum absolute atomic E-state index is 11.0. The van der Waals surface area contributed by atoms with E-state index in [2.05, 4.69) is 9.79 Å². The van der Waals surface area contributed by atoms with Crippen LogP contribution in [0.15, 0.2) is 10.7 Å². The van der Waals surface area contributed by atoms with Crippen molar-refractivity contribution < 1.29 is 18.7 Å². The zero-order valence-corrected chi connectivity index (χ0v) is 6.61. The monoisotopic (exact) mass is 171 g/mol. The Labute approximate surface area is 68.2 Å². The molecule has 12 heavy (non-hydrogen) atoms. The predicted octanol–water partition coefficient (Wildman–Crippen LogP) is -0.602. The van der Waals surface area contributed by atoms with Gasteiger partial charge in [0.05, 0.1) is 6.61 Å². The summed E-state index contributed by atoms with van der Waals surface area (Å²) in [6.07, 6.45) is 1.26. The molecule has 0 saturated carbocycles. The molecule has 1 aromatic rings. The van der Waals surface area contributed by atoms with Gasteiger partial charge < -0.3 is 9.26 Å². The van der Waals surface area contributed by atoms with Gasteiger partial charge in [0.2, 0.25) is 6.20 Å². The zero-order valence-electron chi connectivity index (χ0n) is 6.61. The van der Waals surface area contributed by atoms with Gasteiger partial charge in [-0.15, -0.1) is 4.68 Å². The highest BCUT2D eigenvalue weighted by atomic mass is 16.6. The number of nitrogens with one attached hydrogen (secondary N) is 1. The second-order valence-corrected chi connectivity index (χ2v) is 2.13. The highest BCUT2D eigenvalue weighted by Crippen LogP contribution is 1.79. The minimum atomic E-state index is -0.626. The molecular weight excluding hydrogens is 162 g/mol. The van der Waals surface area contributed by atoms with Crippen LogP contribution >= 0.6 is 0 Å². The molecule has 1 rings (SSSR count). The van der Waals surface area contributed by atoms with E-state index < -0.39 is 6.09 Å². The van der Waals surface area contributed by atoms with Crippen molar-refractivity contribution in [2.75, 3.05) is 6.61 Å². The first-order valence-electron chi connectivity index (χ1n) is 3.51. The van der Waals surface area contributed by atoms with Gasteiger partial charge in [0.25, 0.3) is 5.55 Å². The molecule has 0 aromatic carbocycles. The van der Waals surface area contributed by atoms with Gasteiger partial charge >= 0.3 is 6.09 Å². The van der Waals surface area contributed by atoms with Crippen LogP contribution in [0.1, 0.15) is 13.3 Å². The van der Waals surface area contributed by atoms with Crippen molar-refractivity contribution in [3.63, 3.8) is 0 Å². The molecule has 0 spiro atoms. The number of carbonyl (C=O) groups excluding carboxylic acids is 1. The molecule has 0 bridgehead atoms. The minimum absolute atomic E-state index is 0.177. The Morgan fingerprint density at radius 2 is 2.67 bits per heavy atom. The van der Waals surface area contributed by atoms with E-state index in [9.17, 15) is 4.79 Å². The summed E-state index contributed by atoms with van der Waals surface area (Å²) in [7, 11) is 0. The van der Waals surface area contributed by atoms with E-state index in [0.29, 0.717) is 6.61 Å². The second kappa shape index (κ2) is 3.70. The molecule has 0 radical (unpaired) electrons. The molecule has 0 amide bonds. The van der Waals surface area contributed by atoms with Gasteiger partial charge in [0.1, 0.15) is 0 Å². The lowest BCUT2D eigenvalue weighted by atomic mass is 10.5. The van der Waals surface area contributed by atoms with Crippen LogP contribution in [-0.4, -0.2) is 12.7 Å². The fraction of sp³-hybridized carbons (Fsp3) is 0.500. The van der Waals surface area contributed by atoms with Crippen LogP contribution in [0.5, 0.6) is 0 Å². The molecule has 0 unspecified atom stereocenters. The summed E-state index contributed by atoms with van der Waals surface area (Å²) in [6, 6.07) is 0. The summed E-state index contributed by atoms with van der Waals surface area (Å²) < 4.78 is 9.90. The molecule has 0 fully saturated rings. The average Bonchev–Trinajstić information content (AvgIpc) is 2.47. The van der Waals surface area contributed by atoms with Crippen molar-refractivity contribution in [2.24, 2.45) is 0 Å². The molecule has 1 aromatic heterocycles. The van der Waals surface area contributed by atoms with Crippen molar-refractivity contribution in [3.05, 3.63) is 11.8 Å². The summed E-state index contributed by atoms with van der Waals surface area (Å²) in [4.78, 5) is 11.0. The van der Waals surface area contributed by atoms with Crippen LogP contribution in [0.4, 0.5) is 4.79 Å². The standard InChI is InChI=1S/C6H9N3O3/c1-2-3-11-6(10)9-4-5(7)12-8-9/h4,7H,2-3H2,1H3. The molecule has 66 valence electrons. The van der Waals surface area contributed by atoms with Gasteiger partial charge in [-0.2, -0.15) is 4.79 Å². The fourth-order valence-corrected chi connectivity index (χ4v) is 0.588. The number of hydrogen-bond acceptors (Lipinski definition) is 4. The number of rotatable bonds is 2. The molecule has 1 N–H and O–H groups in total. The molecule has 0 aliphatic heterocycles. The van der Waals surface area contributed by atoms with Gasteiger partial charge in [0, 0.05) is 0 Å². The third-order valence-corrected chi connectivity index (χ3v) is 1.08. The van der Waals surface area contributed by atoms with Crippen molar-refractivity contribution in [1.29, 1.82) is 5.41 Å². The Morgan fingerprint density at radius 3 is 3.17 bits per heavy atom. The lowest BCUT2D eigenvalue weighted by Gasteiger charge is -1.95. The molecule has 0 aliphatic rings. The number of hydrogen-bond donors (Lipinski definition) is 1. The van der Waals surface area contributed by atoms with Crippen molar-refractivity contribution in [3.8, 4) is 0 Å². The molecule has 0 aliphatic carbocycles. The second-order valence-electron chi connectivity index (χ2n) is 2.13. The molecule has 6 nitrogen and oxygen atoms in total. The van der Waals surface area contributed by atoms with Gasteiger partial charge in [-0.25, -0.2) is 5.27 Å². The van der Waals surface area contributed by atoms with Gasteiger partial charge in [-0.05, 0) is 6.42 Å². The van der Waals surface area contributed by atoms with E-state index in [1.54, 1.807) is 0 Å². The largest absolute Gasteiger partial charge is 0.594 e. The maximum atomic E-state index is 11.0. The van der Waals surface area contributed by atoms with Crippen molar-refractivity contribution in [1.82, 2.24) is 5.27 Å². The van der Waals surface area contributed by atoms with Crippen LogP contribution in [0.25, 0.3) is 0 Å². The topological polar surface area (TPSA) is 81.3 Å². The fourth-order valence-electron chi connectivity index (χ4n) is 0.588. The van der Waals surface area contributed by atoms with Crippen LogP contribution in [0.3, 0.4) is 0 Å². The third-order valence-electron chi connectivity index (χ3n) is 1.08. The first-order chi connectivity index (χ1) is 5.74. The summed E-state index contributed by atoms with van der Waals surface area (Å²) in [5.74, 6) is 0. The number of aromatic nitrogens is 2. The maximum Gasteiger partial charge on any atom is 0.594 e. The Bertz CT molecular complexity index is 314. The average molecular weight is 171 g/mol. The predicted molar refractivity (Wildman–Crippen MR) is 35.1 cm³/mol. The van der Waals surface area contributed by atoms with Crippen LogP contribution < -0.4 is 15.5 Å². The lowest BCUT2D eigenvalue weighted by molar-refractivity contribution is -0.664. The molecular formula is C6H9N3O3. The van der Waals surface area contributed by atoms with Gasteiger partial charge in [-0.3, -0.25) is 5.41 Å². The summed E-state index contributed by atoms with van der Waals surface area (Å²) in [6.45, 7) is 2.22. The Morgan fingerprint density at radius 1 is 1.92 bits per heavy atom. The van der Waals surface area contributed by atoms with Crippen LogP contribution in [-0.2, 0) is 4.74 Å². The normalized spacial score (nSPS) is 9.75. The van der Waals surface area contributed by atoms with Gasteiger partial charge in [-0.1, -0.05) is 6.92 Å². The lowest BCUT2D eigenvalue weighted by Crippen LogP contribution is -2.46. The highest BCUT2D eigenvalue weighted by molar-refractivity contribution is 5.55. The Kier molecular flexibility index (Phi) is 2.62. The summed E-state index contributed by atoms with van der Waals surface area (Å²) in [5.41, 5.74) is -0.177. The summed E-state index contributed by atoms with van der Waals surface area (Å²) >= 11 is 0. The van der Waals surface area contributed by atoms with E-state index >= 15 is 0 Å². The van der Waals surface area contributed by atoms with Crippen LogP contribution in [0.2, 0.25) is 0 Å². The molecule has 1 heterocycles. The van der Waals surface area contributed by atoms with Crippen molar-refractivity contribution in [2.45, 2.75) is 13.3 Å². The number of carbonyl (C=O) groups is 1. The van der Waals surface area contributed by atoms with Crippen molar-refractivity contribution >= 4 is 6.09 Å². The quantitative estimate of drug-likeness (QED) is 0.602. The first kappa shape index (κ1) is 8.51. The molecule has 0 saturated heterocycles. The SMILES string of the molecule is CCCOC(=O)[n+]1cc(=N)o[n-]1. The van der Waals surface area contributed by atoms with E-state index in [4.69, 9.17) is 10.1 Å². The van der Waals surface area contributed by atoms with Gasteiger partial charge in [0.15, 0.2) is 0 Å². The smallest absolute Gasteiger partial charge is 0.486 e. The van der Waals surface area contributed by atoms with E-state index in [1.807, 2.05) is 6.92 Å². The van der Waals surface area contributed by atoms with E-state index in [1.165, 1.54) is 0 Å². The number of nitrogens with zero attached hydrogens (tertiary/aromatic N) is 2. The van der Waals surface area contributed by atoms with E-state index in [0.717, 1.165) is 17.3 Å². The molecule has 0 atom stereocenters. The Hall–Kier alpha value is -1.59. The van der Waals surface area contributed by atoms with E-state index in [-0.39, 0.29) is 5.55 Å².